The Morgan fingerprint density at radius 1 is 1.21 bits per heavy atom. The number of aromatic nitrogens is 4. The third-order valence-electron chi connectivity index (χ3n) is 4.79. The van der Waals surface area contributed by atoms with Gasteiger partial charge < -0.3 is 24.1 Å². The summed E-state index contributed by atoms with van der Waals surface area (Å²) in [7, 11) is 3.28. The first kappa shape index (κ1) is 18.3. The highest BCUT2D eigenvalue weighted by molar-refractivity contribution is 5.81. The van der Waals surface area contributed by atoms with Gasteiger partial charge in [-0.25, -0.2) is 9.97 Å². The maximum absolute atomic E-state index is 5.46. The monoisotopic (exact) mass is 385 g/mol. The molecule has 2 aromatic heterocycles. The van der Waals surface area contributed by atoms with Crippen LogP contribution < -0.4 is 24.7 Å². The molecule has 0 unspecified atom stereocenters. The van der Waals surface area contributed by atoms with Crippen LogP contribution in [0.2, 0.25) is 0 Å². The highest BCUT2D eigenvalue weighted by Crippen LogP contribution is 2.27. The quantitative estimate of drug-likeness (QED) is 0.632. The fraction of sp³-hybridized carbons (Fsp3) is 0.421. The number of H-pyrrole nitrogens is 2. The van der Waals surface area contributed by atoms with Crippen molar-refractivity contribution in [3.05, 3.63) is 30.1 Å². The standard InChI is InChI=1S/C19H24N6O3/c1-26-14-4-3-13(11-15(14)27-2)5-6-20-19-23-17-16(21-12-22-17)18(24-19)25-7-9-28-10-8-25/h3-4,11-12H,5-10H2,1-2H3,(H2,20,21,22,23,24)/p+1. The van der Waals surface area contributed by atoms with E-state index >= 15 is 0 Å². The molecule has 3 heterocycles. The van der Waals surface area contributed by atoms with Gasteiger partial charge in [-0.3, -0.25) is 5.32 Å². The van der Waals surface area contributed by atoms with Crippen molar-refractivity contribution in [2.24, 2.45) is 0 Å². The molecule has 9 nitrogen and oxygen atoms in total. The van der Waals surface area contributed by atoms with Gasteiger partial charge >= 0.3 is 5.95 Å². The zero-order chi connectivity index (χ0) is 19.3. The molecule has 1 saturated heterocycles. The van der Waals surface area contributed by atoms with E-state index < -0.39 is 0 Å². The molecule has 0 radical (unpaired) electrons. The predicted octanol–water partition coefficient (Wildman–Crippen LogP) is 1.28. The van der Waals surface area contributed by atoms with Crippen molar-refractivity contribution in [2.75, 3.05) is 57.3 Å². The summed E-state index contributed by atoms with van der Waals surface area (Å²) in [5, 5.41) is 3.37. The van der Waals surface area contributed by atoms with Crippen LogP contribution in [0.25, 0.3) is 11.2 Å². The van der Waals surface area contributed by atoms with Crippen LogP contribution in [0.15, 0.2) is 24.5 Å². The third kappa shape index (κ3) is 3.79. The van der Waals surface area contributed by atoms with Gasteiger partial charge in [0, 0.05) is 0 Å². The van der Waals surface area contributed by atoms with E-state index in [4.69, 9.17) is 14.2 Å². The summed E-state index contributed by atoms with van der Waals surface area (Å²) in [6.07, 6.45) is 2.49. The molecule has 28 heavy (non-hydrogen) atoms. The normalized spacial score (nSPS) is 14.3. The van der Waals surface area contributed by atoms with Gasteiger partial charge in [-0.15, -0.1) is 0 Å². The van der Waals surface area contributed by atoms with Gasteiger partial charge in [-0.05, 0) is 24.1 Å². The van der Waals surface area contributed by atoms with Crippen LogP contribution in [0.3, 0.4) is 0 Å². The van der Waals surface area contributed by atoms with E-state index in [2.05, 4.69) is 30.2 Å². The summed E-state index contributed by atoms with van der Waals surface area (Å²) >= 11 is 0. The van der Waals surface area contributed by atoms with E-state index in [1.165, 1.54) is 0 Å². The molecular formula is C19H25N6O3+. The van der Waals surface area contributed by atoms with E-state index in [0.717, 1.165) is 54.5 Å². The van der Waals surface area contributed by atoms with Crippen molar-refractivity contribution in [1.82, 2.24) is 15.0 Å². The Kier molecular flexibility index (Phi) is 5.43. The van der Waals surface area contributed by atoms with Crippen molar-refractivity contribution in [3.63, 3.8) is 0 Å². The van der Waals surface area contributed by atoms with Gasteiger partial charge in [0.25, 0.3) is 0 Å². The first-order valence-electron chi connectivity index (χ1n) is 9.32. The molecule has 0 saturated carbocycles. The van der Waals surface area contributed by atoms with Crippen LogP contribution in [-0.4, -0.2) is 62.0 Å². The number of anilines is 2. The summed E-state index contributed by atoms with van der Waals surface area (Å²) in [5.41, 5.74) is 2.75. The average molecular weight is 385 g/mol. The number of imidazole rings is 1. The predicted molar refractivity (Wildman–Crippen MR) is 105 cm³/mol. The second-order valence-electron chi connectivity index (χ2n) is 6.50. The molecule has 0 atom stereocenters. The van der Waals surface area contributed by atoms with Crippen LogP contribution in [0.1, 0.15) is 5.56 Å². The largest absolute Gasteiger partial charge is 0.493 e. The van der Waals surface area contributed by atoms with Crippen molar-refractivity contribution in [1.29, 1.82) is 0 Å². The van der Waals surface area contributed by atoms with Crippen LogP contribution >= 0.6 is 0 Å². The van der Waals surface area contributed by atoms with E-state index in [1.807, 2.05) is 18.2 Å². The Morgan fingerprint density at radius 3 is 2.82 bits per heavy atom. The lowest BCUT2D eigenvalue weighted by Gasteiger charge is -2.24. The Balaban J connectivity index is 1.47. The minimum atomic E-state index is 0.689. The molecule has 0 aliphatic carbocycles. The lowest BCUT2D eigenvalue weighted by atomic mass is 10.1. The highest BCUT2D eigenvalue weighted by atomic mass is 16.5. The van der Waals surface area contributed by atoms with Crippen LogP contribution in [0.5, 0.6) is 11.5 Å². The molecule has 1 fully saturated rings. The zero-order valence-electron chi connectivity index (χ0n) is 16.1. The fourth-order valence-corrected chi connectivity index (χ4v) is 3.32. The highest BCUT2D eigenvalue weighted by Gasteiger charge is 2.23. The molecule has 0 amide bonds. The van der Waals surface area contributed by atoms with Gasteiger partial charge in [-0.2, -0.15) is 0 Å². The first-order chi connectivity index (χ1) is 13.8. The van der Waals surface area contributed by atoms with Crippen LogP contribution in [0, 0.1) is 0 Å². The number of hydrogen-bond acceptors (Lipinski definition) is 7. The number of nitrogens with zero attached hydrogens (tertiary/aromatic N) is 3. The Hall–Kier alpha value is -3.07. The minimum absolute atomic E-state index is 0.689. The second-order valence-corrected chi connectivity index (χ2v) is 6.50. The molecule has 1 aliphatic rings. The number of benzene rings is 1. The lowest BCUT2D eigenvalue weighted by molar-refractivity contribution is -0.349. The molecule has 3 N–H and O–H groups in total. The van der Waals surface area contributed by atoms with Gasteiger partial charge in [0.15, 0.2) is 17.0 Å². The second kappa shape index (κ2) is 8.30. The fourth-order valence-electron chi connectivity index (χ4n) is 3.32. The van der Waals surface area contributed by atoms with Crippen molar-refractivity contribution in [3.8, 4) is 11.5 Å². The molecule has 0 bridgehead atoms. The molecular weight excluding hydrogens is 360 g/mol. The number of aromatic amines is 2. The van der Waals surface area contributed by atoms with Crippen molar-refractivity contribution >= 4 is 22.9 Å². The van der Waals surface area contributed by atoms with Crippen molar-refractivity contribution < 1.29 is 19.2 Å². The van der Waals surface area contributed by atoms with Gasteiger partial charge in [0.05, 0.1) is 53.4 Å². The molecule has 9 heteroatoms. The number of hydrogen-bond donors (Lipinski definition) is 2. The number of fused-ring (bicyclic) bond motifs is 1. The number of nitrogens with one attached hydrogen (secondary N) is 3. The summed E-state index contributed by atoms with van der Waals surface area (Å²) in [6, 6.07) is 5.95. The van der Waals surface area contributed by atoms with E-state index in [9.17, 15) is 0 Å². The third-order valence-corrected chi connectivity index (χ3v) is 4.79. The molecule has 148 valence electrons. The van der Waals surface area contributed by atoms with E-state index in [-0.39, 0.29) is 0 Å². The van der Waals surface area contributed by atoms with Gasteiger partial charge in [0.1, 0.15) is 0 Å². The Bertz CT molecular complexity index is 939. The minimum Gasteiger partial charge on any atom is -0.493 e. The maximum atomic E-state index is 5.46. The Morgan fingerprint density at radius 2 is 2.04 bits per heavy atom. The summed E-state index contributed by atoms with van der Waals surface area (Å²) in [4.78, 5) is 17.7. The Labute approximate surface area is 163 Å². The smallest absolute Gasteiger partial charge is 0.347 e. The maximum Gasteiger partial charge on any atom is 0.347 e. The van der Waals surface area contributed by atoms with Crippen molar-refractivity contribution in [2.45, 2.75) is 6.42 Å². The van der Waals surface area contributed by atoms with E-state index in [1.54, 1.807) is 20.5 Å². The van der Waals surface area contributed by atoms with Gasteiger partial charge in [0.2, 0.25) is 11.5 Å². The van der Waals surface area contributed by atoms with Gasteiger partial charge in [-0.1, -0.05) is 11.1 Å². The topological polar surface area (TPSA) is 98.7 Å². The summed E-state index contributed by atoms with van der Waals surface area (Å²) in [6.45, 7) is 3.82. The average Bonchev–Trinajstić information content (AvgIpc) is 3.22. The molecule has 3 aromatic rings. The van der Waals surface area contributed by atoms with Crippen LogP contribution in [-0.2, 0) is 11.2 Å². The molecule has 0 spiro atoms. The number of rotatable bonds is 7. The molecule has 4 rings (SSSR count). The van der Waals surface area contributed by atoms with E-state index in [0.29, 0.717) is 24.8 Å². The molecule has 1 aromatic carbocycles. The number of morpholine rings is 1. The first-order valence-corrected chi connectivity index (χ1v) is 9.32. The summed E-state index contributed by atoms with van der Waals surface area (Å²) < 4.78 is 16.1. The lowest BCUT2D eigenvalue weighted by Crippen LogP contribution is -2.40. The van der Waals surface area contributed by atoms with Crippen LogP contribution in [0.4, 0.5) is 11.8 Å². The number of methoxy groups -OCH3 is 2. The SMILES string of the molecule is COc1ccc(CCNc2nc3nc[nH]c3c(N3CCOCC3)[nH+]2)cc1OC. The zero-order valence-corrected chi connectivity index (χ0v) is 16.1. The number of ether oxygens (including phenoxy) is 3. The summed E-state index contributed by atoms with van der Waals surface area (Å²) in [5.74, 6) is 3.14. The molecule has 1 aliphatic heterocycles.